The first-order chi connectivity index (χ1) is 16.3. The Kier molecular flexibility index (Phi) is 12.2. The fourth-order valence-electron chi connectivity index (χ4n) is 4.11. The summed E-state index contributed by atoms with van der Waals surface area (Å²) in [4.78, 5) is 17.3. The fourth-order valence-corrected chi connectivity index (χ4v) is 4.11. The largest absolute Gasteiger partial charge is 0.493 e. The molecule has 0 atom stereocenters. The van der Waals surface area contributed by atoms with Crippen LogP contribution in [0.2, 0.25) is 0 Å². The first kappa shape index (κ1) is 31.2. The number of carbonyl (C=O) groups is 1. The number of halogens is 2. The minimum atomic E-state index is -0.488. The molecule has 2 N–H and O–H groups in total. The third-order valence-corrected chi connectivity index (χ3v) is 5.80. The molecule has 2 aromatic carbocycles. The van der Waals surface area contributed by atoms with Crippen LogP contribution in [0.5, 0.6) is 11.5 Å². The van der Waals surface area contributed by atoms with E-state index in [0.717, 1.165) is 40.1 Å². The summed E-state index contributed by atoms with van der Waals surface area (Å²) in [6.07, 6.45) is 0.840. The fraction of sp³-hybridized carbons (Fsp3) is 0.357. The highest BCUT2D eigenvalue weighted by atomic mass is 35.5. The van der Waals surface area contributed by atoms with Crippen molar-refractivity contribution in [2.45, 2.75) is 47.3 Å². The van der Waals surface area contributed by atoms with E-state index in [2.05, 4.69) is 45.0 Å². The zero-order chi connectivity index (χ0) is 24.8. The van der Waals surface area contributed by atoms with Crippen molar-refractivity contribution < 1.29 is 19.0 Å². The zero-order valence-electron chi connectivity index (χ0n) is 21.7. The van der Waals surface area contributed by atoms with Gasteiger partial charge in [0.2, 0.25) is 0 Å². The van der Waals surface area contributed by atoms with Gasteiger partial charge in [0, 0.05) is 23.5 Å². The van der Waals surface area contributed by atoms with Gasteiger partial charge in [-0.05, 0) is 55.0 Å². The number of aromatic nitrogens is 1. The summed E-state index contributed by atoms with van der Waals surface area (Å²) in [7, 11) is 2.89. The Bertz CT molecular complexity index is 1170. The van der Waals surface area contributed by atoms with E-state index in [-0.39, 0.29) is 31.4 Å². The average Bonchev–Trinajstić information content (AvgIpc) is 2.82. The topological polar surface area (TPSA) is 83.7 Å². The molecule has 1 aromatic heterocycles. The number of ether oxygens (including phenoxy) is 3. The highest BCUT2D eigenvalue weighted by Gasteiger charge is 2.22. The monoisotopic (exact) mass is 534 g/mol. The van der Waals surface area contributed by atoms with E-state index in [1.807, 2.05) is 6.92 Å². The minimum Gasteiger partial charge on any atom is -0.493 e. The van der Waals surface area contributed by atoms with E-state index in [1.165, 1.54) is 12.7 Å². The van der Waals surface area contributed by atoms with Gasteiger partial charge in [-0.3, -0.25) is 4.98 Å². The number of esters is 1. The van der Waals surface area contributed by atoms with Gasteiger partial charge < -0.3 is 19.9 Å². The number of methoxy groups -OCH3 is 2. The van der Waals surface area contributed by atoms with E-state index in [1.54, 1.807) is 25.3 Å². The first-order valence-corrected chi connectivity index (χ1v) is 11.5. The standard InChI is InChI=1S/C28H34N2O4.2ClH/c1-17(2)14-24-22(15-29)26(20-12-10-18(3)11-13-20)23(19(4)30-24)16-34-27-21(28(31)33-6)8-7-9-25(27)32-5;;/h7-13,17H,14-16,29H2,1-6H3;2*1H. The van der Waals surface area contributed by atoms with E-state index in [4.69, 9.17) is 24.9 Å². The van der Waals surface area contributed by atoms with Crippen molar-refractivity contribution in [3.63, 3.8) is 0 Å². The lowest BCUT2D eigenvalue weighted by Crippen LogP contribution is -2.15. The predicted octanol–water partition coefficient (Wildman–Crippen LogP) is 6.24. The number of benzene rings is 2. The highest BCUT2D eigenvalue weighted by molar-refractivity contribution is 5.93. The molecule has 3 rings (SSSR count). The average molecular weight is 536 g/mol. The number of pyridine rings is 1. The molecule has 196 valence electrons. The Balaban J connectivity index is 0.00000324. The van der Waals surface area contributed by atoms with Crippen molar-refractivity contribution in [1.29, 1.82) is 0 Å². The number of nitrogens with two attached hydrogens (primary N) is 1. The van der Waals surface area contributed by atoms with Gasteiger partial charge >= 0.3 is 5.97 Å². The van der Waals surface area contributed by atoms with Gasteiger partial charge in [0.15, 0.2) is 11.5 Å². The van der Waals surface area contributed by atoms with Crippen LogP contribution < -0.4 is 15.2 Å². The predicted molar refractivity (Wildman–Crippen MR) is 149 cm³/mol. The molecule has 0 saturated carbocycles. The Hall–Kier alpha value is -2.80. The molecule has 0 fully saturated rings. The van der Waals surface area contributed by atoms with E-state index in [9.17, 15) is 4.79 Å². The normalized spacial score (nSPS) is 10.3. The van der Waals surface area contributed by atoms with Gasteiger partial charge in [-0.25, -0.2) is 4.79 Å². The van der Waals surface area contributed by atoms with Crippen LogP contribution in [0, 0.1) is 19.8 Å². The van der Waals surface area contributed by atoms with Crippen molar-refractivity contribution in [3.05, 3.63) is 76.1 Å². The molecule has 0 aliphatic carbocycles. The van der Waals surface area contributed by atoms with Crippen LogP contribution in [0.15, 0.2) is 42.5 Å². The molecule has 0 radical (unpaired) electrons. The summed E-state index contributed by atoms with van der Waals surface area (Å²) in [6.45, 7) is 8.97. The molecule has 0 unspecified atom stereocenters. The van der Waals surface area contributed by atoms with Gasteiger partial charge in [-0.2, -0.15) is 0 Å². The van der Waals surface area contributed by atoms with Crippen LogP contribution in [-0.2, 0) is 24.3 Å². The SMILES string of the molecule is COC(=O)c1cccc(OC)c1OCc1c(C)nc(CC(C)C)c(CN)c1-c1ccc(C)cc1.Cl.Cl. The van der Waals surface area contributed by atoms with Crippen LogP contribution in [0.3, 0.4) is 0 Å². The summed E-state index contributed by atoms with van der Waals surface area (Å²) in [5.74, 6) is 0.756. The van der Waals surface area contributed by atoms with Crippen molar-refractivity contribution in [2.75, 3.05) is 14.2 Å². The lowest BCUT2D eigenvalue weighted by Gasteiger charge is -2.22. The van der Waals surface area contributed by atoms with E-state index in [0.29, 0.717) is 29.5 Å². The minimum absolute atomic E-state index is 0. The smallest absolute Gasteiger partial charge is 0.341 e. The molecule has 3 aromatic rings. The molecule has 36 heavy (non-hydrogen) atoms. The molecule has 8 heteroatoms. The molecule has 0 saturated heterocycles. The lowest BCUT2D eigenvalue weighted by atomic mass is 9.90. The molecule has 0 spiro atoms. The molecule has 1 heterocycles. The number of aryl methyl sites for hydroxylation is 2. The molecule has 0 aliphatic rings. The third-order valence-electron chi connectivity index (χ3n) is 5.80. The summed E-state index contributed by atoms with van der Waals surface area (Å²) in [6, 6.07) is 13.5. The highest BCUT2D eigenvalue weighted by Crippen LogP contribution is 2.36. The van der Waals surface area contributed by atoms with Gasteiger partial charge in [0.1, 0.15) is 12.2 Å². The van der Waals surface area contributed by atoms with Crippen LogP contribution in [0.25, 0.3) is 11.1 Å². The summed E-state index contributed by atoms with van der Waals surface area (Å²) in [5, 5.41) is 0. The van der Waals surface area contributed by atoms with Crippen LogP contribution >= 0.6 is 24.8 Å². The number of hydrogen-bond donors (Lipinski definition) is 1. The quantitative estimate of drug-likeness (QED) is 0.327. The molecular formula is C28H36Cl2N2O4. The third kappa shape index (κ3) is 6.90. The number of carbonyl (C=O) groups excluding carboxylic acids is 1. The first-order valence-electron chi connectivity index (χ1n) is 11.5. The Morgan fingerprint density at radius 1 is 1.00 bits per heavy atom. The van der Waals surface area contributed by atoms with Gasteiger partial charge in [-0.1, -0.05) is 49.7 Å². The Morgan fingerprint density at radius 3 is 2.22 bits per heavy atom. The van der Waals surface area contributed by atoms with Crippen LogP contribution in [-0.4, -0.2) is 25.2 Å². The maximum absolute atomic E-state index is 12.4. The van der Waals surface area contributed by atoms with Gasteiger partial charge in [0.05, 0.1) is 14.2 Å². The molecule has 0 aliphatic heterocycles. The van der Waals surface area contributed by atoms with Crippen molar-refractivity contribution in [3.8, 4) is 22.6 Å². The second kappa shape index (κ2) is 14.1. The molecular weight excluding hydrogens is 499 g/mol. The van der Waals surface area contributed by atoms with Gasteiger partial charge in [0.25, 0.3) is 0 Å². The second-order valence-electron chi connectivity index (χ2n) is 8.76. The molecule has 6 nitrogen and oxygen atoms in total. The van der Waals surface area contributed by atoms with E-state index >= 15 is 0 Å². The number of para-hydroxylation sites is 1. The Labute approximate surface area is 226 Å². The van der Waals surface area contributed by atoms with Crippen LogP contribution in [0.1, 0.15) is 52.3 Å². The number of nitrogens with zero attached hydrogens (tertiary/aromatic N) is 1. The number of rotatable bonds is 9. The Morgan fingerprint density at radius 2 is 1.67 bits per heavy atom. The van der Waals surface area contributed by atoms with Crippen molar-refractivity contribution in [2.24, 2.45) is 11.7 Å². The maximum Gasteiger partial charge on any atom is 0.341 e. The summed E-state index contributed by atoms with van der Waals surface area (Å²) < 4.78 is 16.7. The summed E-state index contributed by atoms with van der Waals surface area (Å²) >= 11 is 0. The summed E-state index contributed by atoms with van der Waals surface area (Å²) in [5.41, 5.74) is 13.7. The van der Waals surface area contributed by atoms with Gasteiger partial charge in [-0.15, -0.1) is 24.8 Å². The molecule has 0 amide bonds. The van der Waals surface area contributed by atoms with Crippen molar-refractivity contribution >= 4 is 30.8 Å². The van der Waals surface area contributed by atoms with E-state index < -0.39 is 5.97 Å². The maximum atomic E-state index is 12.4. The lowest BCUT2D eigenvalue weighted by molar-refractivity contribution is 0.0594. The number of hydrogen-bond acceptors (Lipinski definition) is 6. The zero-order valence-corrected chi connectivity index (χ0v) is 23.3. The van der Waals surface area contributed by atoms with Crippen LogP contribution in [0.4, 0.5) is 0 Å². The van der Waals surface area contributed by atoms with Crippen molar-refractivity contribution in [1.82, 2.24) is 4.98 Å². The second-order valence-corrected chi connectivity index (χ2v) is 8.76. The molecule has 0 bridgehead atoms.